The SMILES string of the molecule is C=CC1(C)CCC2C(=CC(=O)C3C2(C)CC(O)C(O)C3(C)COC2OC(CO)C(O)C(O)C2O)C1. The van der Waals surface area contributed by atoms with Crippen molar-refractivity contribution in [2.24, 2.45) is 28.1 Å². The van der Waals surface area contributed by atoms with Gasteiger partial charge in [0.15, 0.2) is 12.1 Å². The Morgan fingerprint density at radius 1 is 1.14 bits per heavy atom. The van der Waals surface area contributed by atoms with E-state index in [1.807, 2.05) is 13.0 Å². The lowest BCUT2D eigenvalue weighted by Gasteiger charge is -2.61. The summed E-state index contributed by atoms with van der Waals surface area (Å²) in [5.41, 5.74) is -0.865. The average Bonchev–Trinajstić information content (AvgIpc) is 2.80. The summed E-state index contributed by atoms with van der Waals surface area (Å²) in [7, 11) is 0. The van der Waals surface area contributed by atoms with Gasteiger partial charge in [-0.25, -0.2) is 0 Å². The fraction of sp³-hybridized carbons (Fsp3) is 0.808. The molecule has 0 aromatic heterocycles. The van der Waals surface area contributed by atoms with Gasteiger partial charge in [-0.1, -0.05) is 32.4 Å². The highest BCUT2D eigenvalue weighted by Crippen LogP contribution is 2.63. The Kier molecular flexibility index (Phi) is 7.14. The first kappa shape index (κ1) is 26.9. The lowest BCUT2D eigenvalue weighted by atomic mass is 9.44. The molecule has 0 aromatic carbocycles. The second kappa shape index (κ2) is 9.29. The summed E-state index contributed by atoms with van der Waals surface area (Å²) in [6, 6.07) is 0. The first-order chi connectivity index (χ1) is 16.3. The molecule has 1 heterocycles. The Labute approximate surface area is 206 Å². The van der Waals surface area contributed by atoms with Crippen LogP contribution < -0.4 is 0 Å². The molecule has 12 unspecified atom stereocenters. The number of aliphatic hydroxyl groups is 6. The summed E-state index contributed by atoms with van der Waals surface area (Å²) < 4.78 is 11.3. The maximum Gasteiger partial charge on any atom is 0.186 e. The molecule has 9 heteroatoms. The predicted octanol–water partition coefficient (Wildman–Crippen LogP) is 0.0587. The van der Waals surface area contributed by atoms with Crippen LogP contribution in [0.25, 0.3) is 0 Å². The van der Waals surface area contributed by atoms with Crippen LogP contribution in [-0.2, 0) is 14.3 Å². The first-order valence-electron chi connectivity index (χ1n) is 12.5. The number of allylic oxidation sites excluding steroid dienone is 3. The predicted molar refractivity (Wildman–Crippen MR) is 125 cm³/mol. The number of aliphatic hydroxyl groups excluding tert-OH is 6. The topological polar surface area (TPSA) is 157 Å². The van der Waals surface area contributed by atoms with Gasteiger partial charge in [0.25, 0.3) is 0 Å². The summed E-state index contributed by atoms with van der Waals surface area (Å²) in [6.07, 6.45) is -3.22. The number of hydrogen-bond acceptors (Lipinski definition) is 9. The highest BCUT2D eigenvalue weighted by molar-refractivity contribution is 5.95. The van der Waals surface area contributed by atoms with Crippen molar-refractivity contribution in [2.45, 2.75) is 89.4 Å². The van der Waals surface area contributed by atoms with E-state index in [2.05, 4.69) is 13.5 Å². The number of rotatable bonds is 5. The lowest BCUT2D eigenvalue weighted by Crippen LogP contribution is -2.66. The monoisotopic (exact) mass is 496 g/mol. The molecular weight excluding hydrogens is 456 g/mol. The molecule has 12 atom stereocenters. The molecule has 35 heavy (non-hydrogen) atoms. The summed E-state index contributed by atoms with van der Waals surface area (Å²) in [5.74, 6) is -0.718. The molecule has 4 aliphatic rings. The van der Waals surface area contributed by atoms with Crippen molar-refractivity contribution in [3.8, 4) is 0 Å². The maximum absolute atomic E-state index is 13.6. The van der Waals surface area contributed by atoms with Crippen molar-refractivity contribution < 1.29 is 44.9 Å². The standard InChI is InChI=1S/C26H40O9/c1-5-24(2)7-6-14-13(9-24)8-15(28)21-25(14,3)10-16(29)22(33)26(21,4)12-34-23-20(32)19(31)18(30)17(11-27)35-23/h5,8,14,16-23,27,29-33H,1,6-7,9-12H2,2-4H3. The molecule has 0 bridgehead atoms. The van der Waals surface area contributed by atoms with Gasteiger partial charge in [0.1, 0.15) is 24.4 Å². The second-order valence-corrected chi connectivity index (χ2v) is 11.9. The molecule has 3 fully saturated rings. The van der Waals surface area contributed by atoms with Gasteiger partial charge < -0.3 is 40.1 Å². The van der Waals surface area contributed by atoms with Crippen molar-refractivity contribution in [3.05, 3.63) is 24.3 Å². The number of carbonyl (C=O) groups is 1. The average molecular weight is 497 g/mol. The number of carbonyl (C=O) groups excluding carboxylic acids is 1. The van der Waals surface area contributed by atoms with Crippen molar-refractivity contribution in [1.82, 2.24) is 0 Å². The third-order valence-electron chi connectivity index (χ3n) is 9.38. The van der Waals surface area contributed by atoms with Gasteiger partial charge in [0.2, 0.25) is 0 Å². The lowest BCUT2D eigenvalue weighted by molar-refractivity contribution is -0.314. The molecule has 9 nitrogen and oxygen atoms in total. The Balaban J connectivity index is 1.63. The summed E-state index contributed by atoms with van der Waals surface area (Å²) in [4.78, 5) is 13.6. The zero-order valence-electron chi connectivity index (χ0n) is 20.7. The van der Waals surface area contributed by atoms with Crippen LogP contribution in [0.2, 0.25) is 0 Å². The molecule has 0 amide bonds. The van der Waals surface area contributed by atoms with Crippen LogP contribution in [0.3, 0.4) is 0 Å². The Morgan fingerprint density at radius 2 is 1.83 bits per heavy atom. The number of ether oxygens (including phenoxy) is 2. The zero-order chi connectivity index (χ0) is 25.9. The minimum atomic E-state index is -1.60. The van der Waals surface area contributed by atoms with E-state index in [0.29, 0.717) is 0 Å². The minimum absolute atomic E-state index is 0.0620. The summed E-state index contributed by atoms with van der Waals surface area (Å²) in [6.45, 7) is 8.96. The number of fused-ring (bicyclic) bond motifs is 3. The Morgan fingerprint density at radius 3 is 2.46 bits per heavy atom. The van der Waals surface area contributed by atoms with Gasteiger partial charge in [-0.15, -0.1) is 6.58 Å². The van der Waals surface area contributed by atoms with Crippen LogP contribution in [0.4, 0.5) is 0 Å². The molecule has 4 rings (SSSR count). The Bertz CT molecular complexity index is 873. The highest BCUT2D eigenvalue weighted by Gasteiger charge is 2.64. The van der Waals surface area contributed by atoms with Crippen LogP contribution in [0.15, 0.2) is 24.3 Å². The third kappa shape index (κ3) is 4.24. The van der Waals surface area contributed by atoms with Crippen LogP contribution in [0.5, 0.6) is 0 Å². The fourth-order valence-corrected chi connectivity index (χ4v) is 7.36. The summed E-state index contributed by atoms with van der Waals surface area (Å²) in [5, 5.41) is 62.0. The molecule has 6 N–H and O–H groups in total. The van der Waals surface area contributed by atoms with Gasteiger partial charge in [0.05, 0.1) is 25.4 Å². The molecule has 198 valence electrons. The van der Waals surface area contributed by atoms with Crippen LogP contribution >= 0.6 is 0 Å². The van der Waals surface area contributed by atoms with Gasteiger partial charge in [-0.2, -0.15) is 0 Å². The number of ketones is 1. The van der Waals surface area contributed by atoms with Gasteiger partial charge in [0, 0.05) is 11.3 Å². The van der Waals surface area contributed by atoms with E-state index < -0.39 is 66.3 Å². The molecular formula is C26H40O9. The smallest absolute Gasteiger partial charge is 0.186 e. The van der Waals surface area contributed by atoms with Gasteiger partial charge in [-0.05, 0) is 48.5 Å². The molecule has 2 saturated carbocycles. The van der Waals surface area contributed by atoms with E-state index in [1.165, 1.54) is 0 Å². The first-order valence-corrected chi connectivity index (χ1v) is 12.5. The van der Waals surface area contributed by atoms with Crippen molar-refractivity contribution in [1.29, 1.82) is 0 Å². The molecule has 1 saturated heterocycles. The van der Waals surface area contributed by atoms with Crippen molar-refractivity contribution in [2.75, 3.05) is 13.2 Å². The quantitative estimate of drug-likeness (QED) is 0.290. The van der Waals surface area contributed by atoms with Crippen molar-refractivity contribution >= 4 is 5.78 Å². The number of hydrogen-bond donors (Lipinski definition) is 6. The van der Waals surface area contributed by atoms with Crippen LogP contribution in [0.1, 0.15) is 46.5 Å². The molecule has 0 aromatic rings. The minimum Gasteiger partial charge on any atom is -0.394 e. The highest BCUT2D eigenvalue weighted by atomic mass is 16.7. The Hall–Kier alpha value is -1.17. The van der Waals surface area contributed by atoms with E-state index >= 15 is 0 Å². The van der Waals surface area contributed by atoms with Crippen LogP contribution in [0, 0.1) is 28.1 Å². The fourth-order valence-electron chi connectivity index (χ4n) is 7.36. The van der Waals surface area contributed by atoms with E-state index in [-0.39, 0.29) is 30.1 Å². The normalized spacial score (nSPS) is 52.3. The molecule has 1 aliphatic heterocycles. The molecule has 3 aliphatic carbocycles. The molecule has 0 spiro atoms. The van der Waals surface area contributed by atoms with Crippen LogP contribution in [-0.4, -0.2) is 92.5 Å². The van der Waals surface area contributed by atoms with E-state index in [0.717, 1.165) is 24.8 Å². The van der Waals surface area contributed by atoms with Gasteiger partial charge in [-0.3, -0.25) is 4.79 Å². The second-order valence-electron chi connectivity index (χ2n) is 11.9. The largest absolute Gasteiger partial charge is 0.394 e. The summed E-state index contributed by atoms with van der Waals surface area (Å²) >= 11 is 0. The van der Waals surface area contributed by atoms with E-state index in [9.17, 15) is 35.4 Å². The third-order valence-corrected chi connectivity index (χ3v) is 9.38. The zero-order valence-corrected chi connectivity index (χ0v) is 20.7. The van der Waals surface area contributed by atoms with E-state index in [4.69, 9.17) is 9.47 Å². The van der Waals surface area contributed by atoms with Gasteiger partial charge >= 0.3 is 0 Å². The molecule has 0 radical (unpaired) electrons. The van der Waals surface area contributed by atoms with Crippen molar-refractivity contribution in [3.63, 3.8) is 0 Å². The maximum atomic E-state index is 13.6. The van der Waals surface area contributed by atoms with E-state index in [1.54, 1.807) is 13.0 Å².